The molecule has 1 aromatic rings. The van der Waals surface area contributed by atoms with Crippen LogP contribution in [0, 0.1) is 0 Å². The summed E-state index contributed by atoms with van der Waals surface area (Å²) in [4.78, 5) is 0. The van der Waals surface area contributed by atoms with E-state index in [2.05, 4.69) is 15.5 Å². The van der Waals surface area contributed by atoms with E-state index >= 15 is 0 Å². The van der Waals surface area contributed by atoms with Gasteiger partial charge in [-0.25, -0.2) is 0 Å². The van der Waals surface area contributed by atoms with E-state index < -0.39 is 0 Å². The first-order valence-electron chi connectivity index (χ1n) is 4.18. The smallest absolute Gasteiger partial charge is 0.151 e. The molecule has 1 saturated heterocycles. The molecule has 70 valence electrons. The van der Waals surface area contributed by atoms with Crippen LogP contribution in [0.2, 0.25) is 5.15 Å². The molecule has 1 atom stereocenters. The van der Waals surface area contributed by atoms with Gasteiger partial charge in [0.2, 0.25) is 0 Å². The lowest BCUT2D eigenvalue weighted by Gasteiger charge is -2.22. The van der Waals surface area contributed by atoms with Crippen molar-refractivity contribution >= 4 is 11.6 Å². The molecule has 4 nitrogen and oxygen atoms in total. The molecule has 1 aliphatic heterocycles. The van der Waals surface area contributed by atoms with Crippen LogP contribution < -0.4 is 5.32 Å². The monoisotopic (exact) mass is 199 g/mol. The Kier molecular flexibility index (Phi) is 2.73. The summed E-state index contributed by atoms with van der Waals surface area (Å²) in [5.41, 5.74) is 0.830. The Balaban J connectivity index is 2.10. The van der Waals surface area contributed by atoms with Crippen LogP contribution >= 0.6 is 11.6 Å². The number of nitrogens with one attached hydrogen (secondary N) is 1. The van der Waals surface area contributed by atoms with Crippen molar-refractivity contribution in [2.24, 2.45) is 0 Å². The maximum absolute atomic E-state index is 5.62. The van der Waals surface area contributed by atoms with Gasteiger partial charge in [0, 0.05) is 13.1 Å². The van der Waals surface area contributed by atoms with Gasteiger partial charge in [0.15, 0.2) is 5.15 Å². The minimum atomic E-state index is 0.0125. The number of morpholine rings is 1. The molecule has 0 amide bonds. The number of rotatable bonds is 1. The van der Waals surface area contributed by atoms with Gasteiger partial charge >= 0.3 is 0 Å². The van der Waals surface area contributed by atoms with Gasteiger partial charge in [-0.1, -0.05) is 11.6 Å². The normalized spacial score (nSPS) is 23.0. The molecule has 1 unspecified atom stereocenters. The lowest BCUT2D eigenvalue weighted by atomic mass is 10.2. The summed E-state index contributed by atoms with van der Waals surface area (Å²) in [5, 5.41) is 11.3. The van der Waals surface area contributed by atoms with Crippen molar-refractivity contribution in [2.75, 3.05) is 19.7 Å². The van der Waals surface area contributed by atoms with Crippen molar-refractivity contribution in [3.63, 3.8) is 0 Å². The number of ether oxygens (including phenoxy) is 1. The molecule has 0 saturated carbocycles. The van der Waals surface area contributed by atoms with Crippen LogP contribution in [-0.4, -0.2) is 29.9 Å². The first kappa shape index (κ1) is 8.87. The fraction of sp³-hybridized carbons (Fsp3) is 0.500. The van der Waals surface area contributed by atoms with Crippen molar-refractivity contribution in [2.45, 2.75) is 6.10 Å². The van der Waals surface area contributed by atoms with Crippen LogP contribution in [0.25, 0.3) is 0 Å². The zero-order chi connectivity index (χ0) is 9.10. The quantitative estimate of drug-likeness (QED) is 0.727. The lowest BCUT2D eigenvalue weighted by molar-refractivity contribution is 0.0245. The molecule has 5 heteroatoms. The molecule has 1 fully saturated rings. The number of aromatic nitrogens is 2. The number of hydrogen-bond donors (Lipinski definition) is 1. The summed E-state index contributed by atoms with van der Waals surface area (Å²) in [6.45, 7) is 2.41. The molecule has 1 aromatic heterocycles. The molecule has 2 heterocycles. The number of halogens is 1. The molecule has 2 rings (SSSR count). The second-order valence-electron chi connectivity index (χ2n) is 2.84. The van der Waals surface area contributed by atoms with E-state index in [-0.39, 0.29) is 6.10 Å². The van der Waals surface area contributed by atoms with E-state index in [9.17, 15) is 0 Å². The first-order valence-corrected chi connectivity index (χ1v) is 4.55. The average Bonchev–Trinajstić information content (AvgIpc) is 2.20. The summed E-state index contributed by atoms with van der Waals surface area (Å²) in [7, 11) is 0. The highest BCUT2D eigenvalue weighted by molar-refractivity contribution is 6.29. The fourth-order valence-corrected chi connectivity index (χ4v) is 1.35. The van der Waals surface area contributed by atoms with Crippen molar-refractivity contribution in [1.29, 1.82) is 0 Å². The molecule has 0 aromatic carbocycles. The van der Waals surface area contributed by atoms with E-state index in [1.54, 1.807) is 6.07 Å². The molecule has 0 aliphatic carbocycles. The lowest BCUT2D eigenvalue weighted by Crippen LogP contribution is -2.33. The highest BCUT2D eigenvalue weighted by Gasteiger charge is 2.16. The topological polar surface area (TPSA) is 47.0 Å². The zero-order valence-electron chi connectivity index (χ0n) is 7.03. The second-order valence-corrected chi connectivity index (χ2v) is 3.23. The first-order chi connectivity index (χ1) is 6.36. The van der Waals surface area contributed by atoms with Crippen LogP contribution in [0.15, 0.2) is 12.1 Å². The Bertz CT molecular complexity index is 271. The van der Waals surface area contributed by atoms with Gasteiger partial charge in [-0.3, -0.25) is 0 Å². The van der Waals surface area contributed by atoms with Crippen molar-refractivity contribution in [3.8, 4) is 0 Å². The Hall–Kier alpha value is -0.710. The standard InChI is InChI=1S/C8H10ClN3O/c9-8-2-1-6(11-12-8)7-5-10-3-4-13-7/h1-2,7,10H,3-5H2. The molecule has 0 radical (unpaired) electrons. The van der Waals surface area contributed by atoms with Gasteiger partial charge in [-0.05, 0) is 12.1 Å². The summed E-state index contributed by atoms with van der Waals surface area (Å²) in [6.07, 6.45) is 0.0125. The Morgan fingerprint density at radius 1 is 1.46 bits per heavy atom. The summed E-state index contributed by atoms with van der Waals surface area (Å²) >= 11 is 5.62. The van der Waals surface area contributed by atoms with Crippen LogP contribution in [0.4, 0.5) is 0 Å². The van der Waals surface area contributed by atoms with E-state index in [0.29, 0.717) is 5.15 Å². The van der Waals surface area contributed by atoms with E-state index in [1.165, 1.54) is 0 Å². The maximum Gasteiger partial charge on any atom is 0.151 e. The Morgan fingerprint density at radius 3 is 3.00 bits per heavy atom. The van der Waals surface area contributed by atoms with Crippen molar-refractivity contribution in [1.82, 2.24) is 15.5 Å². The van der Waals surface area contributed by atoms with Gasteiger partial charge in [0.25, 0.3) is 0 Å². The summed E-state index contributed by atoms with van der Waals surface area (Å²) in [5.74, 6) is 0. The summed E-state index contributed by atoms with van der Waals surface area (Å²) < 4.78 is 5.50. The SMILES string of the molecule is Clc1ccc(C2CNCCO2)nn1. The number of hydrogen-bond acceptors (Lipinski definition) is 4. The van der Waals surface area contributed by atoms with Gasteiger partial charge in [0.05, 0.1) is 12.3 Å². The molecule has 1 aliphatic rings. The van der Waals surface area contributed by atoms with Gasteiger partial charge in [-0.2, -0.15) is 5.10 Å². The third-order valence-electron chi connectivity index (χ3n) is 1.91. The van der Waals surface area contributed by atoms with E-state index in [4.69, 9.17) is 16.3 Å². The second kappa shape index (κ2) is 4.00. The van der Waals surface area contributed by atoms with E-state index in [1.807, 2.05) is 6.07 Å². The predicted octanol–water partition coefficient (Wildman–Crippen LogP) is 0.791. The third-order valence-corrected chi connectivity index (χ3v) is 2.11. The Labute approximate surface area is 81.3 Å². The van der Waals surface area contributed by atoms with Crippen LogP contribution in [0.3, 0.4) is 0 Å². The van der Waals surface area contributed by atoms with Crippen LogP contribution in [0.5, 0.6) is 0 Å². The van der Waals surface area contributed by atoms with Crippen LogP contribution in [-0.2, 0) is 4.74 Å². The molecule has 13 heavy (non-hydrogen) atoms. The molecule has 0 spiro atoms. The highest BCUT2D eigenvalue weighted by Crippen LogP contribution is 2.16. The van der Waals surface area contributed by atoms with Gasteiger partial charge in [-0.15, -0.1) is 5.10 Å². The van der Waals surface area contributed by atoms with Gasteiger partial charge < -0.3 is 10.1 Å². The maximum atomic E-state index is 5.62. The minimum absolute atomic E-state index is 0.0125. The molecular formula is C8H10ClN3O. The number of nitrogens with zero attached hydrogens (tertiary/aromatic N) is 2. The minimum Gasteiger partial charge on any atom is -0.369 e. The van der Waals surface area contributed by atoms with Crippen molar-refractivity contribution in [3.05, 3.63) is 23.0 Å². The van der Waals surface area contributed by atoms with Crippen molar-refractivity contribution < 1.29 is 4.74 Å². The molecule has 1 N–H and O–H groups in total. The van der Waals surface area contributed by atoms with Crippen LogP contribution in [0.1, 0.15) is 11.8 Å². The third kappa shape index (κ3) is 2.15. The van der Waals surface area contributed by atoms with E-state index in [0.717, 1.165) is 25.4 Å². The Morgan fingerprint density at radius 2 is 2.38 bits per heavy atom. The molecule has 0 bridgehead atoms. The predicted molar refractivity (Wildman–Crippen MR) is 48.6 cm³/mol. The molecular weight excluding hydrogens is 190 g/mol. The largest absolute Gasteiger partial charge is 0.369 e. The zero-order valence-corrected chi connectivity index (χ0v) is 7.79. The highest BCUT2D eigenvalue weighted by atomic mass is 35.5. The fourth-order valence-electron chi connectivity index (χ4n) is 1.25. The summed E-state index contributed by atoms with van der Waals surface area (Å²) in [6, 6.07) is 3.56. The van der Waals surface area contributed by atoms with Gasteiger partial charge in [0.1, 0.15) is 6.10 Å². The average molecular weight is 200 g/mol.